The van der Waals surface area contributed by atoms with Crippen molar-refractivity contribution in [2.75, 3.05) is 26.5 Å². The third kappa shape index (κ3) is 8.03. The number of nitrogens with one attached hydrogen (secondary N) is 1. The molecular weight excluding hydrogens is 564 g/mol. The molecule has 1 amide bonds. The molecule has 1 N–H and O–H groups in total. The monoisotopic (exact) mass is 605 g/mol. The lowest BCUT2D eigenvalue weighted by molar-refractivity contribution is -0.161. The summed E-state index contributed by atoms with van der Waals surface area (Å²) in [6.07, 6.45) is -0.127. The topological polar surface area (TPSA) is 90.9 Å². The highest BCUT2D eigenvalue weighted by molar-refractivity contribution is 8.00. The zero-order valence-corrected chi connectivity index (χ0v) is 27.0. The Labute approximate surface area is 252 Å². The Hall–Kier alpha value is -2.59. The minimum absolute atomic E-state index is 0.121. The molecule has 8 nitrogen and oxygen atoms in total. The van der Waals surface area contributed by atoms with Crippen LogP contribution < -0.4 is 19.5 Å². The van der Waals surface area contributed by atoms with Gasteiger partial charge in [-0.1, -0.05) is 38.4 Å². The maximum absolute atomic E-state index is 14.4. The van der Waals surface area contributed by atoms with Gasteiger partial charge in [-0.3, -0.25) is 9.59 Å². The second-order valence-electron chi connectivity index (χ2n) is 12.5. The number of fused-ring (bicyclic) bond motifs is 1. The van der Waals surface area contributed by atoms with Gasteiger partial charge in [0.05, 0.1) is 19.5 Å². The summed E-state index contributed by atoms with van der Waals surface area (Å²) in [5, 5.41) is 0.195. The van der Waals surface area contributed by atoms with Crippen molar-refractivity contribution < 1.29 is 28.6 Å². The van der Waals surface area contributed by atoms with E-state index in [-0.39, 0.29) is 39.1 Å². The number of ether oxygens (including phenoxy) is 3. The molecule has 0 saturated heterocycles. The first-order valence-electron chi connectivity index (χ1n) is 13.5. The van der Waals surface area contributed by atoms with E-state index in [2.05, 4.69) is 5.43 Å². The van der Waals surface area contributed by atoms with Crippen LogP contribution in [0.3, 0.4) is 0 Å². The lowest BCUT2D eigenvalue weighted by Crippen LogP contribution is -2.70. The smallest absolute Gasteiger partial charge is 0.347 e. The van der Waals surface area contributed by atoms with Crippen molar-refractivity contribution in [2.24, 2.45) is 5.41 Å². The van der Waals surface area contributed by atoms with Crippen molar-refractivity contribution in [3.63, 3.8) is 0 Å². The van der Waals surface area contributed by atoms with Crippen molar-refractivity contribution in [1.29, 1.82) is 0 Å². The van der Waals surface area contributed by atoms with Gasteiger partial charge in [0.1, 0.15) is 35.2 Å². The molecule has 1 aliphatic heterocycles. The number of benzene rings is 2. The number of thioether (sulfide) groups is 1. The molecule has 0 bridgehead atoms. The number of methoxy groups -OCH3 is 2. The van der Waals surface area contributed by atoms with Gasteiger partial charge in [0.2, 0.25) is 0 Å². The van der Waals surface area contributed by atoms with E-state index < -0.39 is 17.6 Å². The summed E-state index contributed by atoms with van der Waals surface area (Å²) >= 11 is 8.03. The zero-order chi connectivity index (χ0) is 30.8. The number of hydrogen-bond donors (Lipinski definition) is 1. The van der Waals surface area contributed by atoms with E-state index in [4.69, 9.17) is 25.8 Å². The van der Waals surface area contributed by atoms with Gasteiger partial charge in [0.25, 0.3) is 0 Å². The van der Waals surface area contributed by atoms with Gasteiger partial charge in [-0.2, -0.15) is 0 Å². The van der Waals surface area contributed by atoms with E-state index in [1.807, 2.05) is 51.1 Å². The third-order valence-corrected chi connectivity index (χ3v) is 7.97. The number of Topliss-reactive ketones (excluding diaryl/α,β-unsaturated/α-hetero) is 1. The Bertz CT molecular complexity index is 1300. The van der Waals surface area contributed by atoms with E-state index in [0.717, 1.165) is 11.1 Å². The zero-order valence-electron chi connectivity index (χ0n) is 25.4. The molecule has 1 unspecified atom stereocenters. The molecule has 10 heteroatoms. The van der Waals surface area contributed by atoms with Crippen molar-refractivity contribution in [3.8, 4) is 11.5 Å². The molecule has 41 heavy (non-hydrogen) atoms. The number of halogens is 1. The molecule has 0 fully saturated rings. The summed E-state index contributed by atoms with van der Waals surface area (Å²) in [6.45, 7) is 13.2. The number of carbonyl (C=O) groups is 3. The molecule has 3 atom stereocenters. The molecule has 224 valence electrons. The van der Waals surface area contributed by atoms with E-state index in [1.54, 1.807) is 41.1 Å². The summed E-state index contributed by atoms with van der Waals surface area (Å²) < 4.78 is 16.5. The molecule has 0 spiro atoms. The van der Waals surface area contributed by atoms with Gasteiger partial charge in [0, 0.05) is 40.1 Å². The molecule has 0 aromatic heterocycles. The SMILES string of the molecule is COc1ccc([C@H]2SCC(=O)[N+](CC(C)(C)C)(N[C@@H](CC(C)=O)C(=O)OC(C)(C)C)c3ccc(Cl)cc32)c(OC)c1. The van der Waals surface area contributed by atoms with Crippen molar-refractivity contribution >= 4 is 46.7 Å². The average molecular weight is 606 g/mol. The number of ketones is 1. The largest absolute Gasteiger partial charge is 0.497 e. The molecule has 2 aromatic carbocycles. The van der Waals surface area contributed by atoms with Crippen molar-refractivity contribution in [2.45, 2.75) is 71.8 Å². The Morgan fingerprint density at radius 3 is 2.29 bits per heavy atom. The van der Waals surface area contributed by atoms with Crippen LogP contribution in [0.15, 0.2) is 36.4 Å². The second kappa shape index (κ2) is 12.7. The van der Waals surface area contributed by atoms with Crippen LogP contribution in [-0.4, -0.2) is 55.8 Å². The second-order valence-corrected chi connectivity index (χ2v) is 14.1. The number of esters is 1. The summed E-state index contributed by atoms with van der Waals surface area (Å²) in [5.74, 6) is 0.447. The third-order valence-electron chi connectivity index (χ3n) is 6.48. The minimum Gasteiger partial charge on any atom is -0.497 e. The summed E-state index contributed by atoms with van der Waals surface area (Å²) in [7, 11) is 3.19. The van der Waals surface area contributed by atoms with E-state index >= 15 is 0 Å². The van der Waals surface area contributed by atoms with E-state index in [9.17, 15) is 14.4 Å². The van der Waals surface area contributed by atoms with Crippen LogP contribution in [0.5, 0.6) is 11.5 Å². The predicted molar refractivity (Wildman–Crippen MR) is 164 cm³/mol. The molecular formula is C31H42ClN2O6S+. The molecule has 2 aromatic rings. The molecule has 0 aliphatic carbocycles. The first-order valence-corrected chi connectivity index (χ1v) is 15.0. The fourth-order valence-corrected chi connectivity index (χ4v) is 6.50. The number of carbonyl (C=O) groups excluding carboxylic acids is 3. The Morgan fingerprint density at radius 2 is 1.73 bits per heavy atom. The highest BCUT2D eigenvalue weighted by atomic mass is 35.5. The first-order chi connectivity index (χ1) is 19.0. The van der Waals surface area contributed by atoms with Gasteiger partial charge >= 0.3 is 11.9 Å². The number of amides is 1. The number of rotatable bonds is 9. The standard InChI is InChI=1S/C31H42ClN2O6S/c1-19(35)14-24(29(37)40-31(5,6)7)33-34(18-30(2,3)4)25-13-10-20(32)15-23(25)28(41-17-27(34)36)22-12-11-21(38-8)16-26(22)39-9/h10-13,15-16,24,28,33H,14,17-18H2,1-9H3/q+1/t24-,28+,34?/m0/s1. The number of nitrogens with zero attached hydrogens (tertiary/aromatic N) is 1. The molecule has 3 rings (SSSR count). The van der Waals surface area contributed by atoms with Gasteiger partial charge in [0.15, 0.2) is 11.7 Å². The molecule has 1 heterocycles. The molecule has 0 radical (unpaired) electrons. The fourth-order valence-electron chi connectivity index (χ4n) is 5.04. The van der Waals surface area contributed by atoms with Crippen LogP contribution in [0.1, 0.15) is 71.3 Å². The molecule has 0 saturated carbocycles. The minimum atomic E-state index is -1.06. The Kier molecular flexibility index (Phi) is 10.2. The maximum Gasteiger partial charge on any atom is 0.347 e. The highest BCUT2D eigenvalue weighted by Crippen LogP contribution is 2.49. The normalized spacial score (nSPS) is 20.0. The van der Waals surface area contributed by atoms with Crippen molar-refractivity contribution in [3.05, 3.63) is 52.5 Å². The average Bonchev–Trinajstić information content (AvgIpc) is 2.95. The summed E-state index contributed by atoms with van der Waals surface area (Å²) in [4.78, 5) is 40.2. The Morgan fingerprint density at radius 1 is 1.05 bits per heavy atom. The van der Waals surface area contributed by atoms with Crippen molar-refractivity contribution in [1.82, 2.24) is 10.0 Å². The highest BCUT2D eigenvalue weighted by Gasteiger charge is 2.51. The van der Waals surface area contributed by atoms with Crippen LogP contribution in [0.25, 0.3) is 0 Å². The number of quaternary nitrogens is 1. The van der Waals surface area contributed by atoms with E-state index in [1.165, 1.54) is 18.7 Å². The van der Waals surface area contributed by atoms with Crippen LogP contribution in [0.4, 0.5) is 5.69 Å². The van der Waals surface area contributed by atoms with Crippen LogP contribution in [0.2, 0.25) is 5.02 Å². The summed E-state index contributed by atoms with van der Waals surface area (Å²) in [6, 6.07) is 9.99. The van der Waals surface area contributed by atoms with Gasteiger partial charge < -0.3 is 14.2 Å². The van der Waals surface area contributed by atoms with Crippen LogP contribution >= 0.6 is 23.4 Å². The van der Waals surface area contributed by atoms with Crippen LogP contribution in [-0.2, 0) is 19.1 Å². The Balaban J connectivity index is 2.29. The number of hydrogen-bond acceptors (Lipinski definition) is 8. The fraction of sp³-hybridized carbons (Fsp3) is 0.516. The summed E-state index contributed by atoms with van der Waals surface area (Å²) in [5.41, 5.74) is 4.53. The van der Waals surface area contributed by atoms with Gasteiger partial charge in [-0.25, -0.2) is 4.79 Å². The quantitative estimate of drug-likeness (QED) is 0.264. The lowest BCUT2D eigenvalue weighted by Gasteiger charge is -2.41. The molecule has 1 aliphatic rings. The van der Waals surface area contributed by atoms with Crippen LogP contribution in [0, 0.1) is 5.41 Å². The van der Waals surface area contributed by atoms with Gasteiger partial charge in [-0.15, -0.1) is 21.8 Å². The maximum atomic E-state index is 14.4. The van der Waals surface area contributed by atoms with Gasteiger partial charge in [-0.05, 0) is 45.9 Å². The lowest BCUT2D eigenvalue weighted by atomic mass is 9.93. The predicted octanol–water partition coefficient (Wildman–Crippen LogP) is 6.27. The van der Waals surface area contributed by atoms with E-state index in [0.29, 0.717) is 28.8 Å². The first kappa shape index (κ1) is 32.9.